The lowest BCUT2D eigenvalue weighted by Crippen LogP contribution is -2.04. The van der Waals surface area contributed by atoms with Crippen LogP contribution in [0.15, 0.2) is 47.0 Å². The first-order valence-corrected chi connectivity index (χ1v) is 7.09. The Kier molecular flexibility index (Phi) is 4.01. The van der Waals surface area contributed by atoms with Crippen LogP contribution < -0.4 is 4.74 Å². The zero-order chi connectivity index (χ0) is 17.3. The Labute approximate surface area is 135 Å². The van der Waals surface area contributed by atoms with E-state index in [9.17, 15) is 13.2 Å². The molecule has 0 fully saturated rings. The van der Waals surface area contributed by atoms with Crippen molar-refractivity contribution < 1.29 is 22.4 Å². The fourth-order valence-corrected chi connectivity index (χ4v) is 2.10. The predicted molar refractivity (Wildman–Crippen MR) is 80.7 cm³/mol. The molecule has 0 saturated carbocycles. The van der Waals surface area contributed by atoms with Crippen LogP contribution in [-0.4, -0.2) is 10.1 Å². The fraction of sp³-hybridized carbons (Fsp3) is 0.176. The molecule has 0 unspecified atom stereocenters. The first-order chi connectivity index (χ1) is 11.3. The van der Waals surface area contributed by atoms with Crippen LogP contribution in [0.2, 0.25) is 0 Å². The van der Waals surface area contributed by atoms with E-state index in [4.69, 9.17) is 4.74 Å². The minimum Gasteiger partial charge on any atom is -0.457 e. The van der Waals surface area contributed by atoms with Gasteiger partial charge in [0.1, 0.15) is 11.5 Å². The van der Waals surface area contributed by atoms with Crippen LogP contribution in [0.1, 0.15) is 17.0 Å². The Balaban J connectivity index is 1.89. The van der Waals surface area contributed by atoms with Crippen LogP contribution in [0.3, 0.4) is 0 Å². The van der Waals surface area contributed by atoms with Gasteiger partial charge in [-0.05, 0) is 43.2 Å². The smallest absolute Gasteiger partial charge is 0.457 e. The van der Waals surface area contributed by atoms with Gasteiger partial charge >= 0.3 is 12.1 Å². The second-order valence-corrected chi connectivity index (χ2v) is 5.32. The van der Waals surface area contributed by atoms with Crippen LogP contribution in [0.4, 0.5) is 13.2 Å². The van der Waals surface area contributed by atoms with Crippen molar-refractivity contribution in [2.45, 2.75) is 20.0 Å². The second kappa shape index (κ2) is 5.99. The van der Waals surface area contributed by atoms with Crippen molar-refractivity contribution in [1.29, 1.82) is 0 Å². The van der Waals surface area contributed by atoms with Gasteiger partial charge in [0, 0.05) is 5.56 Å². The molecule has 0 amide bonds. The molecule has 1 aromatic heterocycles. The lowest BCUT2D eigenvalue weighted by Gasteiger charge is -2.10. The van der Waals surface area contributed by atoms with E-state index < -0.39 is 12.1 Å². The van der Waals surface area contributed by atoms with Crippen molar-refractivity contribution in [1.82, 2.24) is 10.1 Å². The summed E-state index contributed by atoms with van der Waals surface area (Å²) >= 11 is 0. The van der Waals surface area contributed by atoms with Gasteiger partial charge in [0.25, 0.3) is 0 Å². The van der Waals surface area contributed by atoms with Crippen LogP contribution in [0, 0.1) is 13.8 Å². The van der Waals surface area contributed by atoms with Gasteiger partial charge in [-0.25, -0.2) is 0 Å². The van der Waals surface area contributed by atoms with Gasteiger partial charge in [0.2, 0.25) is 5.82 Å². The Hall–Kier alpha value is -2.83. The highest BCUT2D eigenvalue weighted by Crippen LogP contribution is 2.31. The Bertz CT molecular complexity index is 872. The zero-order valence-corrected chi connectivity index (χ0v) is 12.9. The summed E-state index contributed by atoms with van der Waals surface area (Å²) in [4.78, 5) is 3.37. The summed E-state index contributed by atoms with van der Waals surface area (Å²) in [6, 6.07) is 12.3. The minimum atomic E-state index is -4.67. The van der Waals surface area contributed by atoms with E-state index in [1.807, 2.05) is 32.0 Å². The molecule has 0 saturated heterocycles. The second-order valence-electron chi connectivity index (χ2n) is 5.32. The first-order valence-electron chi connectivity index (χ1n) is 7.09. The van der Waals surface area contributed by atoms with Gasteiger partial charge in [-0.3, -0.25) is 0 Å². The van der Waals surface area contributed by atoms with Crippen LogP contribution in [0.5, 0.6) is 11.5 Å². The molecule has 24 heavy (non-hydrogen) atoms. The molecule has 0 aliphatic heterocycles. The summed E-state index contributed by atoms with van der Waals surface area (Å²) < 4.78 is 47.7. The van der Waals surface area contributed by atoms with Gasteiger partial charge < -0.3 is 9.26 Å². The molecule has 124 valence electrons. The van der Waals surface area contributed by atoms with Gasteiger partial charge in [-0.2, -0.15) is 18.2 Å². The topological polar surface area (TPSA) is 48.2 Å². The molecular weight excluding hydrogens is 321 g/mol. The molecule has 0 atom stereocenters. The van der Waals surface area contributed by atoms with E-state index in [2.05, 4.69) is 14.7 Å². The number of hydrogen-bond donors (Lipinski definition) is 0. The van der Waals surface area contributed by atoms with E-state index in [-0.39, 0.29) is 5.82 Å². The molecule has 0 spiro atoms. The maximum Gasteiger partial charge on any atom is 0.471 e. The molecule has 3 rings (SSSR count). The summed E-state index contributed by atoms with van der Waals surface area (Å²) in [7, 11) is 0. The quantitative estimate of drug-likeness (QED) is 0.663. The highest BCUT2D eigenvalue weighted by Gasteiger charge is 2.38. The lowest BCUT2D eigenvalue weighted by atomic mass is 10.1. The fourth-order valence-electron chi connectivity index (χ4n) is 2.10. The number of hydrogen-bond acceptors (Lipinski definition) is 4. The van der Waals surface area contributed by atoms with Gasteiger partial charge in [-0.15, -0.1) is 0 Å². The van der Waals surface area contributed by atoms with Crippen LogP contribution >= 0.6 is 0 Å². The van der Waals surface area contributed by atoms with Crippen LogP contribution in [0.25, 0.3) is 11.4 Å². The van der Waals surface area contributed by atoms with E-state index in [0.29, 0.717) is 17.1 Å². The number of nitrogens with zero attached hydrogens (tertiary/aromatic N) is 2. The number of aryl methyl sites for hydroxylation is 2. The lowest BCUT2D eigenvalue weighted by molar-refractivity contribution is -0.159. The Morgan fingerprint density at radius 1 is 1.04 bits per heavy atom. The summed E-state index contributed by atoms with van der Waals surface area (Å²) in [5.74, 6) is -0.372. The normalized spacial score (nSPS) is 11.5. The summed E-state index contributed by atoms with van der Waals surface area (Å²) in [6.45, 7) is 3.86. The summed E-state index contributed by atoms with van der Waals surface area (Å²) in [5, 5.41) is 3.37. The standard InChI is InChI=1S/C17H13F3N2O2/c1-10-6-7-11(2)14(8-10)23-13-5-3-4-12(9-13)15-21-16(24-22-15)17(18,19)20/h3-9H,1-2H3. The van der Waals surface area contributed by atoms with E-state index in [0.717, 1.165) is 11.1 Å². The molecule has 0 aliphatic rings. The van der Waals surface area contributed by atoms with E-state index >= 15 is 0 Å². The third kappa shape index (κ3) is 3.40. The average molecular weight is 334 g/mol. The van der Waals surface area contributed by atoms with Crippen molar-refractivity contribution in [2.75, 3.05) is 0 Å². The van der Waals surface area contributed by atoms with Crippen molar-refractivity contribution in [2.24, 2.45) is 0 Å². The molecular formula is C17H13F3N2O2. The van der Waals surface area contributed by atoms with Crippen molar-refractivity contribution in [3.05, 3.63) is 59.5 Å². The molecule has 1 heterocycles. The zero-order valence-electron chi connectivity index (χ0n) is 12.9. The summed E-state index contributed by atoms with van der Waals surface area (Å²) in [5.41, 5.74) is 2.36. The van der Waals surface area contributed by atoms with E-state index in [1.54, 1.807) is 24.3 Å². The maximum absolute atomic E-state index is 12.5. The monoisotopic (exact) mass is 334 g/mol. The molecule has 0 radical (unpaired) electrons. The number of rotatable bonds is 3. The van der Waals surface area contributed by atoms with Crippen LogP contribution in [-0.2, 0) is 6.18 Å². The SMILES string of the molecule is Cc1ccc(C)c(Oc2cccc(-c3noc(C(F)(F)F)n3)c2)c1. The molecule has 2 aromatic carbocycles. The molecule has 0 bridgehead atoms. The van der Waals surface area contributed by atoms with Gasteiger partial charge in [0.15, 0.2) is 0 Å². The number of benzene rings is 2. The molecule has 7 heteroatoms. The third-order valence-corrected chi connectivity index (χ3v) is 3.33. The highest BCUT2D eigenvalue weighted by molar-refractivity contribution is 5.57. The molecule has 0 N–H and O–H groups in total. The Morgan fingerprint density at radius 2 is 1.83 bits per heavy atom. The number of alkyl halides is 3. The van der Waals surface area contributed by atoms with Crippen molar-refractivity contribution in [3.63, 3.8) is 0 Å². The first kappa shape index (κ1) is 16.0. The maximum atomic E-state index is 12.5. The van der Waals surface area contributed by atoms with Crippen molar-refractivity contribution in [3.8, 4) is 22.9 Å². The number of halogens is 3. The van der Waals surface area contributed by atoms with E-state index in [1.165, 1.54) is 0 Å². The van der Waals surface area contributed by atoms with Gasteiger partial charge in [0.05, 0.1) is 0 Å². The molecule has 0 aliphatic carbocycles. The molecule has 3 aromatic rings. The summed E-state index contributed by atoms with van der Waals surface area (Å²) in [6.07, 6.45) is -4.67. The molecule has 4 nitrogen and oxygen atoms in total. The highest BCUT2D eigenvalue weighted by atomic mass is 19.4. The minimum absolute atomic E-state index is 0.145. The van der Waals surface area contributed by atoms with Crippen molar-refractivity contribution >= 4 is 0 Å². The average Bonchev–Trinajstić information content (AvgIpc) is 3.01. The number of ether oxygens (including phenoxy) is 1. The van der Waals surface area contributed by atoms with Gasteiger partial charge in [-0.1, -0.05) is 29.4 Å². The third-order valence-electron chi connectivity index (χ3n) is 3.33. The Morgan fingerprint density at radius 3 is 2.54 bits per heavy atom. The largest absolute Gasteiger partial charge is 0.471 e. The predicted octanol–water partition coefficient (Wildman–Crippen LogP) is 5.16. The number of aromatic nitrogens is 2.